The lowest BCUT2D eigenvalue weighted by Gasteiger charge is -2.13. The van der Waals surface area contributed by atoms with Crippen LogP contribution in [-0.4, -0.2) is 16.8 Å². The highest BCUT2D eigenvalue weighted by molar-refractivity contribution is 6.31. The third-order valence-corrected chi connectivity index (χ3v) is 2.25. The minimum Gasteiger partial charge on any atom is -0.506 e. The van der Waals surface area contributed by atoms with Crippen molar-refractivity contribution >= 4 is 17.4 Å². The van der Waals surface area contributed by atoms with Crippen molar-refractivity contribution in [1.29, 1.82) is 5.26 Å². The van der Waals surface area contributed by atoms with E-state index >= 15 is 0 Å². The van der Waals surface area contributed by atoms with Crippen LogP contribution in [0.5, 0.6) is 5.75 Å². The van der Waals surface area contributed by atoms with E-state index in [9.17, 15) is 23.1 Å². The van der Waals surface area contributed by atoms with Crippen LogP contribution in [0, 0.1) is 11.3 Å². The summed E-state index contributed by atoms with van der Waals surface area (Å²) >= 11 is 5.17. The first-order chi connectivity index (χ1) is 7.82. The largest absolute Gasteiger partial charge is 0.506 e. The van der Waals surface area contributed by atoms with E-state index < -0.39 is 40.3 Å². The van der Waals surface area contributed by atoms with E-state index in [1.165, 1.54) is 6.07 Å². The Morgan fingerprint density at radius 2 is 2.06 bits per heavy atom. The van der Waals surface area contributed by atoms with E-state index in [0.717, 1.165) is 6.07 Å². The highest BCUT2D eigenvalue weighted by Gasteiger charge is 2.37. The van der Waals surface area contributed by atoms with E-state index in [0.29, 0.717) is 6.07 Å². The average molecular weight is 264 g/mol. The molecule has 0 unspecified atom stereocenters. The molecular weight excluding hydrogens is 259 g/mol. The summed E-state index contributed by atoms with van der Waals surface area (Å²) in [5.41, 5.74) is -2.68. The van der Waals surface area contributed by atoms with E-state index in [-0.39, 0.29) is 0 Å². The van der Waals surface area contributed by atoms with Crippen molar-refractivity contribution in [1.82, 2.24) is 0 Å². The number of hydrogen-bond acceptors (Lipinski definition) is 3. The number of rotatable bonds is 2. The summed E-state index contributed by atoms with van der Waals surface area (Å²) in [5.74, 6) is -2.80. The quantitative estimate of drug-likeness (QED) is 0.659. The van der Waals surface area contributed by atoms with Gasteiger partial charge in [-0.2, -0.15) is 18.4 Å². The number of alkyl halides is 4. The van der Waals surface area contributed by atoms with Crippen LogP contribution < -0.4 is 0 Å². The fourth-order valence-corrected chi connectivity index (χ4v) is 1.40. The smallest absolute Gasteiger partial charge is 0.417 e. The highest BCUT2D eigenvalue weighted by Crippen LogP contribution is 2.37. The fraction of sp³-hybridized carbons (Fsp3) is 0.200. The van der Waals surface area contributed by atoms with Crippen molar-refractivity contribution < 1.29 is 23.1 Å². The average Bonchev–Trinajstić information content (AvgIpc) is 2.26. The zero-order chi connectivity index (χ0) is 13.2. The molecule has 1 rings (SSSR count). The number of hydrogen-bond donors (Lipinski definition) is 1. The third kappa shape index (κ3) is 2.50. The van der Waals surface area contributed by atoms with Gasteiger partial charge in [0.05, 0.1) is 22.6 Å². The normalized spacial score (nSPS) is 11.0. The minimum atomic E-state index is -4.80. The molecule has 0 saturated heterocycles. The number of Topliss-reactive ketones (excluding diaryl/α,β-unsaturated/α-hetero) is 1. The van der Waals surface area contributed by atoms with Gasteiger partial charge in [0.15, 0.2) is 5.78 Å². The van der Waals surface area contributed by atoms with Gasteiger partial charge in [0.2, 0.25) is 0 Å². The fourth-order valence-electron chi connectivity index (χ4n) is 1.27. The second kappa shape index (κ2) is 4.63. The molecule has 0 aliphatic heterocycles. The van der Waals surface area contributed by atoms with Gasteiger partial charge < -0.3 is 5.11 Å². The molecule has 7 heteroatoms. The summed E-state index contributed by atoms with van der Waals surface area (Å²) < 4.78 is 37.7. The number of benzene rings is 1. The van der Waals surface area contributed by atoms with Crippen LogP contribution in [0.1, 0.15) is 21.5 Å². The Bertz CT molecular complexity index is 505. The molecule has 0 aliphatic carbocycles. The Kier molecular flexibility index (Phi) is 3.63. The van der Waals surface area contributed by atoms with Gasteiger partial charge >= 0.3 is 6.18 Å². The molecule has 0 aromatic heterocycles. The summed E-state index contributed by atoms with van der Waals surface area (Å²) in [5, 5.41) is 18.0. The first kappa shape index (κ1) is 13.3. The van der Waals surface area contributed by atoms with Crippen molar-refractivity contribution in [3.8, 4) is 11.8 Å². The molecule has 0 bridgehead atoms. The van der Waals surface area contributed by atoms with E-state index in [1.807, 2.05) is 0 Å². The third-order valence-electron chi connectivity index (χ3n) is 2.00. The molecule has 0 atom stereocenters. The summed E-state index contributed by atoms with van der Waals surface area (Å²) in [6, 6.07) is 2.84. The Morgan fingerprint density at radius 1 is 1.47 bits per heavy atom. The van der Waals surface area contributed by atoms with E-state index in [1.54, 1.807) is 0 Å². The van der Waals surface area contributed by atoms with Gasteiger partial charge in [-0.3, -0.25) is 4.79 Å². The van der Waals surface area contributed by atoms with Crippen LogP contribution in [0.15, 0.2) is 12.1 Å². The zero-order valence-corrected chi connectivity index (χ0v) is 8.93. The van der Waals surface area contributed by atoms with Gasteiger partial charge in [0.1, 0.15) is 11.8 Å². The SMILES string of the molecule is N#Cc1ccc(C(F)(F)F)c(C(=O)CCl)c1O. The van der Waals surface area contributed by atoms with Crippen molar-refractivity contribution in [3.63, 3.8) is 0 Å². The first-order valence-corrected chi connectivity index (χ1v) is 4.78. The van der Waals surface area contributed by atoms with E-state index in [4.69, 9.17) is 16.9 Å². The molecule has 1 aromatic carbocycles. The van der Waals surface area contributed by atoms with Crippen LogP contribution in [0.25, 0.3) is 0 Å². The second-order valence-electron chi connectivity index (χ2n) is 3.05. The maximum atomic E-state index is 12.6. The Balaban J connectivity index is 3.60. The Labute approximate surface area is 99.0 Å². The maximum Gasteiger partial charge on any atom is 0.417 e. The van der Waals surface area contributed by atoms with Crippen molar-refractivity contribution in [2.75, 3.05) is 5.88 Å². The number of carbonyl (C=O) groups is 1. The van der Waals surface area contributed by atoms with Crippen LogP contribution in [0.3, 0.4) is 0 Å². The van der Waals surface area contributed by atoms with Gasteiger partial charge in [0, 0.05) is 0 Å². The molecule has 0 amide bonds. The number of nitrogens with zero attached hydrogens (tertiary/aromatic N) is 1. The number of phenolic OH excluding ortho intramolecular Hbond substituents is 1. The molecule has 90 valence electrons. The van der Waals surface area contributed by atoms with Gasteiger partial charge in [0.25, 0.3) is 0 Å². The molecule has 0 aliphatic rings. The lowest BCUT2D eigenvalue weighted by Crippen LogP contribution is -2.14. The van der Waals surface area contributed by atoms with Crippen LogP contribution >= 0.6 is 11.6 Å². The van der Waals surface area contributed by atoms with Gasteiger partial charge in [-0.05, 0) is 12.1 Å². The van der Waals surface area contributed by atoms with Gasteiger partial charge in [-0.15, -0.1) is 11.6 Å². The molecule has 0 heterocycles. The molecule has 0 saturated carbocycles. The van der Waals surface area contributed by atoms with Gasteiger partial charge in [-0.25, -0.2) is 0 Å². The summed E-state index contributed by atoms with van der Waals surface area (Å²) in [7, 11) is 0. The minimum absolute atomic E-state index is 0.411. The second-order valence-corrected chi connectivity index (χ2v) is 3.32. The zero-order valence-electron chi connectivity index (χ0n) is 8.18. The molecule has 17 heavy (non-hydrogen) atoms. The van der Waals surface area contributed by atoms with Crippen LogP contribution in [0.4, 0.5) is 13.2 Å². The van der Waals surface area contributed by atoms with Crippen molar-refractivity contribution in [2.24, 2.45) is 0 Å². The highest BCUT2D eigenvalue weighted by atomic mass is 35.5. The molecule has 1 aromatic rings. The number of carbonyl (C=O) groups excluding carboxylic acids is 1. The topological polar surface area (TPSA) is 61.1 Å². The number of ketones is 1. The Hall–Kier alpha value is -1.74. The number of aromatic hydroxyl groups is 1. The van der Waals surface area contributed by atoms with Crippen molar-refractivity contribution in [3.05, 3.63) is 28.8 Å². The number of halogens is 4. The maximum absolute atomic E-state index is 12.6. The van der Waals surface area contributed by atoms with Crippen molar-refractivity contribution in [2.45, 2.75) is 6.18 Å². The summed E-state index contributed by atoms with van der Waals surface area (Å²) in [6.07, 6.45) is -4.80. The van der Waals surface area contributed by atoms with E-state index in [2.05, 4.69) is 0 Å². The number of nitriles is 1. The monoisotopic (exact) mass is 263 g/mol. The first-order valence-electron chi connectivity index (χ1n) is 4.25. The molecule has 1 N–H and O–H groups in total. The Morgan fingerprint density at radius 3 is 2.47 bits per heavy atom. The predicted molar refractivity (Wildman–Crippen MR) is 52.9 cm³/mol. The lowest BCUT2D eigenvalue weighted by atomic mass is 9.99. The summed E-state index contributed by atoms with van der Waals surface area (Å²) in [4.78, 5) is 11.3. The molecule has 0 fully saturated rings. The molecule has 0 radical (unpaired) electrons. The standard InChI is InChI=1S/C10H5ClF3NO2/c11-3-7(16)8-6(10(12,13)14)2-1-5(4-15)9(8)17/h1-2,17H,3H2. The van der Waals surface area contributed by atoms with Crippen LogP contribution in [0.2, 0.25) is 0 Å². The van der Waals surface area contributed by atoms with Gasteiger partial charge in [-0.1, -0.05) is 0 Å². The summed E-state index contributed by atoms with van der Waals surface area (Å²) in [6.45, 7) is 0. The molecule has 3 nitrogen and oxygen atoms in total. The molecule has 0 spiro atoms. The lowest BCUT2D eigenvalue weighted by molar-refractivity contribution is -0.138. The molecular formula is C10H5ClF3NO2. The predicted octanol–water partition coefficient (Wildman–Crippen LogP) is 2.70. The number of phenols is 1. The van der Waals surface area contributed by atoms with Crippen LogP contribution in [-0.2, 0) is 6.18 Å².